The van der Waals surface area contributed by atoms with Gasteiger partial charge in [-0.3, -0.25) is 0 Å². The lowest BCUT2D eigenvalue weighted by Gasteiger charge is -2.12. The van der Waals surface area contributed by atoms with Crippen LogP contribution in [0.1, 0.15) is 0 Å². The van der Waals surface area contributed by atoms with Gasteiger partial charge in [0.25, 0.3) is 0 Å². The van der Waals surface area contributed by atoms with Crippen LogP contribution in [-0.2, 0) is 0 Å². The highest BCUT2D eigenvalue weighted by Gasteiger charge is 2.13. The van der Waals surface area contributed by atoms with Crippen LogP contribution in [0.3, 0.4) is 0 Å². The highest BCUT2D eigenvalue weighted by Crippen LogP contribution is 2.37. The number of urea groups is 1. The second kappa shape index (κ2) is 6.56. The summed E-state index contributed by atoms with van der Waals surface area (Å²) in [5.41, 5.74) is 0.647. The van der Waals surface area contributed by atoms with E-state index in [0.717, 1.165) is 0 Å². The molecule has 0 spiro atoms. The van der Waals surface area contributed by atoms with E-state index in [9.17, 15) is 9.90 Å². The zero-order valence-corrected chi connectivity index (χ0v) is 12.5. The van der Waals surface area contributed by atoms with Gasteiger partial charge in [0.05, 0.1) is 23.5 Å². The monoisotopic (exact) mass is 326 g/mol. The van der Waals surface area contributed by atoms with Crippen LogP contribution in [-0.4, -0.2) is 18.2 Å². The highest BCUT2D eigenvalue weighted by atomic mass is 35.5. The Balaban J connectivity index is 2.14. The lowest BCUT2D eigenvalue weighted by molar-refractivity contribution is 0.262. The van der Waals surface area contributed by atoms with Crippen LogP contribution in [0.2, 0.25) is 10.0 Å². The molecule has 110 valence electrons. The standard InChI is InChI=1S/C14H12Cl2N2O3/c1-21-11-5-3-2-4-9(11)17-14(20)18-10-7-6-8(15)12(16)13(10)19/h2-7,19H,1H3,(H2,17,18,20). The van der Waals surface area contributed by atoms with Crippen molar-refractivity contribution in [3.05, 3.63) is 46.4 Å². The number of amides is 2. The predicted molar refractivity (Wildman–Crippen MR) is 83.8 cm³/mol. The van der Waals surface area contributed by atoms with Crippen molar-refractivity contribution in [2.45, 2.75) is 0 Å². The molecule has 2 aromatic rings. The van der Waals surface area contributed by atoms with Gasteiger partial charge in [-0.1, -0.05) is 35.3 Å². The number of nitrogens with one attached hydrogen (secondary N) is 2. The fourth-order valence-corrected chi connectivity index (χ4v) is 1.98. The summed E-state index contributed by atoms with van der Waals surface area (Å²) in [7, 11) is 1.50. The van der Waals surface area contributed by atoms with E-state index < -0.39 is 6.03 Å². The molecule has 0 bridgehead atoms. The molecule has 0 aliphatic carbocycles. The maximum atomic E-state index is 11.9. The molecule has 0 heterocycles. The van der Waals surface area contributed by atoms with E-state index in [0.29, 0.717) is 11.4 Å². The third-order valence-electron chi connectivity index (χ3n) is 2.67. The Hall–Kier alpha value is -2.11. The van der Waals surface area contributed by atoms with E-state index in [2.05, 4.69) is 10.6 Å². The first kappa shape index (κ1) is 15.3. The zero-order chi connectivity index (χ0) is 15.4. The average Bonchev–Trinajstić information content (AvgIpc) is 2.48. The molecular weight excluding hydrogens is 315 g/mol. The summed E-state index contributed by atoms with van der Waals surface area (Å²) in [4.78, 5) is 11.9. The Bertz CT molecular complexity index is 677. The number of rotatable bonds is 3. The molecule has 0 radical (unpaired) electrons. The fourth-order valence-electron chi connectivity index (χ4n) is 1.66. The van der Waals surface area contributed by atoms with E-state index in [1.807, 2.05) is 0 Å². The first-order valence-electron chi connectivity index (χ1n) is 5.91. The van der Waals surface area contributed by atoms with Crippen LogP contribution in [0.5, 0.6) is 11.5 Å². The molecule has 0 unspecified atom stereocenters. The zero-order valence-electron chi connectivity index (χ0n) is 11.0. The number of methoxy groups -OCH3 is 1. The Morgan fingerprint density at radius 2 is 1.76 bits per heavy atom. The van der Waals surface area contributed by atoms with Crippen LogP contribution in [0, 0.1) is 0 Å². The number of phenolic OH excluding ortho intramolecular Hbond substituents is 1. The Kier molecular flexibility index (Phi) is 4.77. The Labute approximate surface area is 131 Å². The van der Waals surface area contributed by atoms with Crippen LogP contribution in [0.4, 0.5) is 16.2 Å². The topological polar surface area (TPSA) is 70.6 Å². The summed E-state index contributed by atoms with van der Waals surface area (Å²) in [6.45, 7) is 0. The Morgan fingerprint density at radius 1 is 1.10 bits per heavy atom. The molecule has 3 N–H and O–H groups in total. The first-order valence-corrected chi connectivity index (χ1v) is 6.66. The largest absolute Gasteiger partial charge is 0.504 e. The van der Waals surface area contributed by atoms with Gasteiger partial charge in [0.15, 0.2) is 5.75 Å². The second-order valence-corrected chi connectivity index (χ2v) is 4.82. The van der Waals surface area contributed by atoms with Gasteiger partial charge in [0.1, 0.15) is 10.8 Å². The van der Waals surface area contributed by atoms with Crippen molar-refractivity contribution < 1.29 is 14.6 Å². The van der Waals surface area contributed by atoms with E-state index in [1.54, 1.807) is 24.3 Å². The molecule has 2 amide bonds. The number of para-hydroxylation sites is 2. The van der Waals surface area contributed by atoms with Crippen LogP contribution in [0.15, 0.2) is 36.4 Å². The maximum Gasteiger partial charge on any atom is 0.323 e. The van der Waals surface area contributed by atoms with Gasteiger partial charge >= 0.3 is 6.03 Å². The highest BCUT2D eigenvalue weighted by molar-refractivity contribution is 6.43. The minimum absolute atomic E-state index is 0.0215. The molecule has 5 nitrogen and oxygen atoms in total. The third kappa shape index (κ3) is 3.51. The van der Waals surface area contributed by atoms with Crippen molar-refractivity contribution in [3.63, 3.8) is 0 Å². The molecule has 0 aliphatic heterocycles. The van der Waals surface area contributed by atoms with Crippen molar-refractivity contribution in [1.82, 2.24) is 0 Å². The summed E-state index contributed by atoms with van der Waals surface area (Å²) in [5, 5.41) is 15.1. The normalized spacial score (nSPS) is 10.0. The van der Waals surface area contributed by atoms with E-state index in [1.165, 1.54) is 19.2 Å². The van der Waals surface area contributed by atoms with Gasteiger partial charge in [-0.05, 0) is 24.3 Å². The minimum atomic E-state index is -0.548. The fraction of sp³-hybridized carbons (Fsp3) is 0.0714. The number of carbonyl (C=O) groups excluding carboxylic acids is 1. The van der Waals surface area contributed by atoms with Crippen LogP contribution < -0.4 is 15.4 Å². The van der Waals surface area contributed by atoms with Crippen molar-refractivity contribution in [2.24, 2.45) is 0 Å². The summed E-state index contributed by atoms with van der Waals surface area (Å²) in [6, 6.07) is 9.32. The van der Waals surface area contributed by atoms with Gasteiger partial charge < -0.3 is 20.5 Å². The number of hydrogen-bond acceptors (Lipinski definition) is 3. The number of carbonyl (C=O) groups is 1. The maximum absolute atomic E-state index is 11.9. The summed E-state index contributed by atoms with van der Waals surface area (Å²) < 4.78 is 5.12. The molecular formula is C14H12Cl2N2O3. The third-order valence-corrected chi connectivity index (χ3v) is 3.47. The molecule has 21 heavy (non-hydrogen) atoms. The lowest BCUT2D eigenvalue weighted by Crippen LogP contribution is -2.19. The molecule has 2 rings (SSSR count). The number of anilines is 2. The van der Waals surface area contributed by atoms with Gasteiger partial charge in [-0.15, -0.1) is 0 Å². The molecule has 7 heteroatoms. The number of halogens is 2. The number of aromatic hydroxyl groups is 1. The minimum Gasteiger partial charge on any atom is -0.504 e. The molecule has 2 aromatic carbocycles. The van der Waals surface area contributed by atoms with Crippen LogP contribution >= 0.6 is 23.2 Å². The lowest BCUT2D eigenvalue weighted by atomic mass is 10.3. The molecule has 0 saturated heterocycles. The SMILES string of the molecule is COc1ccccc1NC(=O)Nc1ccc(Cl)c(Cl)c1O. The molecule has 0 fully saturated rings. The van der Waals surface area contributed by atoms with Gasteiger partial charge in [0, 0.05) is 0 Å². The van der Waals surface area contributed by atoms with E-state index >= 15 is 0 Å². The van der Waals surface area contributed by atoms with Crippen molar-refractivity contribution in [2.75, 3.05) is 17.7 Å². The number of phenols is 1. The number of hydrogen-bond donors (Lipinski definition) is 3. The number of ether oxygens (including phenoxy) is 1. The Morgan fingerprint density at radius 3 is 2.48 bits per heavy atom. The molecule has 0 aromatic heterocycles. The molecule has 0 atom stereocenters. The molecule has 0 aliphatic rings. The van der Waals surface area contributed by atoms with Crippen molar-refractivity contribution in [3.8, 4) is 11.5 Å². The van der Waals surface area contributed by atoms with Gasteiger partial charge in [-0.2, -0.15) is 0 Å². The van der Waals surface area contributed by atoms with Gasteiger partial charge in [0.2, 0.25) is 0 Å². The van der Waals surface area contributed by atoms with E-state index in [4.69, 9.17) is 27.9 Å². The second-order valence-electron chi connectivity index (χ2n) is 4.04. The molecule has 0 saturated carbocycles. The first-order chi connectivity index (χ1) is 10.0. The summed E-state index contributed by atoms with van der Waals surface area (Å²) in [5.74, 6) is 0.227. The van der Waals surface area contributed by atoms with Crippen molar-refractivity contribution in [1.29, 1.82) is 0 Å². The van der Waals surface area contributed by atoms with E-state index in [-0.39, 0.29) is 21.5 Å². The smallest absolute Gasteiger partial charge is 0.323 e. The summed E-state index contributed by atoms with van der Waals surface area (Å²) >= 11 is 11.6. The quantitative estimate of drug-likeness (QED) is 0.734. The van der Waals surface area contributed by atoms with Gasteiger partial charge in [-0.25, -0.2) is 4.79 Å². The average molecular weight is 327 g/mol. The number of benzene rings is 2. The summed E-state index contributed by atoms with van der Waals surface area (Å²) in [6.07, 6.45) is 0. The van der Waals surface area contributed by atoms with Crippen LogP contribution in [0.25, 0.3) is 0 Å². The van der Waals surface area contributed by atoms with Crippen molar-refractivity contribution >= 4 is 40.6 Å². The predicted octanol–water partition coefficient (Wildman–Crippen LogP) is 4.35.